The van der Waals surface area contributed by atoms with Crippen LogP contribution in [-0.2, 0) is 11.4 Å². The van der Waals surface area contributed by atoms with E-state index in [1.54, 1.807) is 0 Å². The van der Waals surface area contributed by atoms with Crippen LogP contribution in [0.2, 0.25) is 0 Å². The molecule has 0 aliphatic carbocycles. The van der Waals surface area contributed by atoms with Crippen molar-refractivity contribution in [3.05, 3.63) is 35.7 Å². The zero-order chi connectivity index (χ0) is 13.9. The third-order valence-electron chi connectivity index (χ3n) is 3.59. The number of rotatable bonds is 3. The van der Waals surface area contributed by atoms with Crippen LogP contribution < -0.4 is 21.5 Å². The Morgan fingerprint density at radius 3 is 2.80 bits per heavy atom. The minimum atomic E-state index is 0.724. The Morgan fingerprint density at radius 2 is 2.10 bits per heavy atom. The van der Waals surface area contributed by atoms with Crippen molar-refractivity contribution in [2.24, 2.45) is 0 Å². The lowest BCUT2D eigenvalue weighted by Gasteiger charge is -2.32. The number of hydrogen-bond donors (Lipinski definition) is 3. The number of benzene rings is 1. The van der Waals surface area contributed by atoms with Crippen molar-refractivity contribution in [2.75, 3.05) is 36.8 Å². The van der Waals surface area contributed by atoms with E-state index in [-0.39, 0.29) is 0 Å². The minimum absolute atomic E-state index is 0.724. The molecule has 2 aliphatic rings. The number of nitrogens with zero attached hydrogens (tertiary/aromatic N) is 2. The fourth-order valence-corrected chi connectivity index (χ4v) is 2.68. The van der Waals surface area contributed by atoms with E-state index in [2.05, 4.69) is 21.9 Å². The first kappa shape index (κ1) is 13.1. The summed E-state index contributed by atoms with van der Waals surface area (Å²) in [7, 11) is 0. The van der Waals surface area contributed by atoms with Crippen molar-refractivity contribution in [3.63, 3.8) is 0 Å². The van der Waals surface area contributed by atoms with Crippen LogP contribution >= 0.6 is 0 Å². The number of nitrogen functional groups attached to an aromatic ring is 1. The Bertz CT molecular complexity index is 510. The molecule has 1 fully saturated rings. The molecule has 0 aromatic heterocycles. The molecule has 0 amide bonds. The molecule has 4 N–H and O–H groups in total. The number of piperazine rings is 1. The van der Waals surface area contributed by atoms with Crippen LogP contribution in [0.1, 0.15) is 12.5 Å². The summed E-state index contributed by atoms with van der Waals surface area (Å²) in [5.41, 5.74) is 12.3. The van der Waals surface area contributed by atoms with Gasteiger partial charge < -0.3 is 20.8 Å². The van der Waals surface area contributed by atoms with E-state index in [4.69, 9.17) is 10.6 Å². The van der Waals surface area contributed by atoms with Crippen LogP contribution in [0.25, 0.3) is 0 Å². The quantitative estimate of drug-likeness (QED) is 0.709. The summed E-state index contributed by atoms with van der Waals surface area (Å²) in [5, 5.41) is 5.29. The van der Waals surface area contributed by atoms with Gasteiger partial charge in [-0.15, -0.1) is 0 Å². The van der Waals surface area contributed by atoms with Crippen molar-refractivity contribution in [1.29, 1.82) is 0 Å². The maximum Gasteiger partial charge on any atom is 0.140 e. The van der Waals surface area contributed by atoms with E-state index in [1.165, 1.54) is 5.56 Å². The molecule has 0 radical (unpaired) electrons. The standard InChI is InChI=1S/C14H21N5O/c1-11-9-19(17-20-11)10-12-3-2-4-13(15)14(12)18-7-5-16-6-8-18/h2-4,9,16-17H,5-8,10,15H2,1H3. The second kappa shape index (κ2) is 5.60. The zero-order valence-electron chi connectivity index (χ0n) is 11.7. The third-order valence-corrected chi connectivity index (χ3v) is 3.59. The Morgan fingerprint density at radius 1 is 1.30 bits per heavy atom. The average Bonchev–Trinajstić information content (AvgIpc) is 2.85. The first-order valence-electron chi connectivity index (χ1n) is 6.94. The van der Waals surface area contributed by atoms with Crippen molar-refractivity contribution in [3.8, 4) is 0 Å². The first-order valence-corrected chi connectivity index (χ1v) is 6.94. The maximum atomic E-state index is 6.21. The lowest BCUT2D eigenvalue weighted by atomic mass is 10.1. The van der Waals surface area contributed by atoms with Gasteiger partial charge >= 0.3 is 0 Å². The summed E-state index contributed by atoms with van der Waals surface area (Å²) in [6.45, 7) is 6.61. The van der Waals surface area contributed by atoms with Gasteiger partial charge in [0.05, 0.1) is 24.1 Å². The molecule has 2 heterocycles. The molecule has 2 aliphatic heterocycles. The van der Waals surface area contributed by atoms with Crippen LogP contribution in [0.15, 0.2) is 30.2 Å². The lowest BCUT2D eigenvalue weighted by Crippen LogP contribution is -2.44. The fraction of sp³-hybridized carbons (Fsp3) is 0.429. The first-order chi connectivity index (χ1) is 9.74. The van der Waals surface area contributed by atoms with Gasteiger partial charge in [0.2, 0.25) is 0 Å². The van der Waals surface area contributed by atoms with E-state index in [0.717, 1.165) is 49.9 Å². The smallest absolute Gasteiger partial charge is 0.140 e. The minimum Gasteiger partial charge on any atom is -0.397 e. The van der Waals surface area contributed by atoms with Crippen LogP contribution in [0.3, 0.4) is 0 Å². The zero-order valence-corrected chi connectivity index (χ0v) is 11.7. The lowest BCUT2D eigenvalue weighted by molar-refractivity contribution is 0.0184. The van der Waals surface area contributed by atoms with E-state index < -0.39 is 0 Å². The Balaban J connectivity index is 1.84. The molecule has 108 valence electrons. The van der Waals surface area contributed by atoms with Gasteiger partial charge in [-0.2, -0.15) is 0 Å². The van der Waals surface area contributed by atoms with Crippen LogP contribution in [0.5, 0.6) is 0 Å². The molecule has 0 bridgehead atoms. The van der Waals surface area contributed by atoms with Crippen LogP contribution in [-0.4, -0.2) is 31.2 Å². The summed E-state index contributed by atoms with van der Waals surface area (Å²) >= 11 is 0. The molecular formula is C14H21N5O. The van der Waals surface area contributed by atoms with Crippen molar-refractivity contribution >= 4 is 11.4 Å². The molecule has 1 saturated heterocycles. The van der Waals surface area contributed by atoms with Crippen molar-refractivity contribution in [2.45, 2.75) is 13.5 Å². The SMILES string of the molecule is CC1=CN(Cc2cccc(N)c2N2CCNCC2)NO1. The summed E-state index contributed by atoms with van der Waals surface area (Å²) in [4.78, 5) is 7.59. The van der Waals surface area contributed by atoms with Gasteiger partial charge in [0.15, 0.2) is 0 Å². The summed E-state index contributed by atoms with van der Waals surface area (Å²) in [5.74, 6) is 0.859. The molecule has 6 heteroatoms. The molecule has 1 aromatic rings. The largest absolute Gasteiger partial charge is 0.397 e. The van der Waals surface area contributed by atoms with E-state index in [1.807, 2.05) is 30.3 Å². The summed E-state index contributed by atoms with van der Waals surface area (Å²) in [6, 6.07) is 6.09. The number of anilines is 2. The summed E-state index contributed by atoms with van der Waals surface area (Å²) < 4.78 is 0. The number of allylic oxidation sites excluding steroid dienone is 1. The predicted molar refractivity (Wildman–Crippen MR) is 79.5 cm³/mol. The highest BCUT2D eigenvalue weighted by Crippen LogP contribution is 2.29. The van der Waals surface area contributed by atoms with Gasteiger partial charge in [-0.25, -0.2) is 0 Å². The normalized spacial score (nSPS) is 18.9. The number of nitrogens with one attached hydrogen (secondary N) is 2. The van der Waals surface area contributed by atoms with Crippen molar-refractivity contribution < 1.29 is 4.84 Å². The number of nitrogens with two attached hydrogens (primary N) is 1. The number of hydrogen-bond acceptors (Lipinski definition) is 6. The van der Waals surface area contributed by atoms with Gasteiger partial charge in [0.25, 0.3) is 0 Å². The van der Waals surface area contributed by atoms with Crippen LogP contribution in [0.4, 0.5) is 11.4 Å². The van der Waals surface area contributed by atoms with E-state index in [0.29, 0.717) is 0 Å². The Labute approximate surface area is 119 Å². The highest BCUT2D eigenvalue weighted by Gasteiger charge is 2.19. The van der Waals surface area contributed by atoms with E-state index >= 15 is 0 Å². The second-order valence-corrected chi connectivity index (χ2v) is 5.15. The molecule has 0 spiro atoms. The molecule has 0 atom stereocenters. The molecule has 1 aromatic carbocycles. The van der Waals surface area contributed by atoms with Gasteiger partial charge in [0.1, 0.15) is 5.76 Å². The molecule has 6 nitrogen and oxygen atoms in total. The molecule has 3 rings (SSSR count). The third kappa shape index (κ3) is 2.66. The van der Waals surface area contributed by atoms with Crippen molar-refractivity contribution in [1.82, 2.24) is 15.9 Å². The average molecular weight is 275 g/mol. The Kier molecular flexibility index (Phi) is 3.66. The maximum absolute atomic E-state index is 6.21. The van der Waals surface area contributed by atoms with Crippen LogP contribution in [0, 0.1) is 0 Å². The van der Waals surface area contributed by atoms with Gasteiger partial charge in [-0.1, -0.05) is 17.7 Å². The highest BCUT2D eigenvalue weighted by atomic mass is 16.7. The van der Waals surface area contributed by atoms with E-state index in [9.17, 15) is 0 Å². The topological polar surface area (TPSA) is 65.8 Å². The second-order valence-electron chi connectivity index (χ2n) is 5.15. The fourth-order valence-electron chi connectivity index (χ4n) is 2.68. The predicted octanol–water partition coefficient (Wildman–Crippen LogP) is 0.792. The number of hydrazine groups is 1. The van der Waals surface area contributed by atoms with Gasteiger partial charge in [-0.3, -0.25) is 5.01 Å². The van der Waals surface area contributed by atoms with Gasteiger partial charge in [-0.05, 0) is 18.6 Å². The summed E-state index contributed by atoms with van der Waals surface area (Å²) in [6.07, 6.45) is 1.95. The molecule has 0 saturated carbocycles. The monoisotopic (exact) mass is 275 g/mol. The molecule has 20 heavy (non-hydrogen) atoms. The molecular weight excluding hydrogens is 254 g/mol. The van der Waals surface area contributed by atoms with Gasteiger partial charge in [0, 0.05) is 26.2 Å². The highest BCUT2D eigenvalue weighted by molar-refractivity contribution is 5.72. The Hall–Kier alpha value is -1.92. The number of para-hydroxylation sites is 1. The molecule has 0 unspecified atom stereocenters.